The van der Waals surface area contributed by atoms with Crippen LogP contribution in [0, 0.1) is 18.3 Å². The molecular formula is C22H18N2O3S. The quantitative estimate of drug-likeness (QED) is 0.603. The fourth-order valence-electron chi connectivity index (χ4n) is 2.62. The average Bonchev–Trinajstić information content (AvgIpc) is 2.70. The molecule has 28 heavy (non-hydrogen) atoms. The number of rotatable bonds is 6. The highest BCUT2D eigenvalue weighted by molar-refractivity contribution is 7.99. The van der Waals surface area contributed by atoms with E-state index in [4.69, 9.17) is 10.00 Å². The highest BCUT2D eigenvalue weighted by Crippen LogP contribution is 2.32. The number of nitrogens with zero attached hydrogens (tertiary/aromatic N) is 2. The van der Waals surface area contributed by atoms with Crippen LogP contribution in [0.1, 0.15) is 34.1 Å². The third-order valence-electron chi connectivity index (χ3n) is 4.14. The van der Waals surface area contributed by atoms with Crippen molar-refractivity contribution in [2.75, 3.05) is 0 Å². The molecule has 140 valence electrons. The van der Waals surface area contributed by atoms with Crippen molar-refractivity contribution in [2.45, 2.75) is 30.2 Å². The molecule has 0 radical (unpaired) electrons. The van der Waals surface area contributed by atoms with Crippen LogP contribution in [-0.4, -0.2) is 15.9 Å². The van der Waals surface area contributed by atoms with Gasteiger partial charge in [0.05, 0.1) is 5.56 Å². The zero-order chi connectivity index (χ0) is 20.1. The van der Waals surface area contributed by atoms with Crippen molar-refractivity contribution in [3.8, 4) is 17.6 Å². The summed E-state index contributed by atoms with van der Waals surface area (Å²) in [5.41, 5.74) is 2.20. The van der Waals surface area contributed by atoms with Crippen LogP contribution in [0.5, 0.6) is 11.5 Å². The number of benzene rings is 2. The maximum absolute atomic E-state index is 11.5. The van der Waals surface area contributed by atoms with Gasteiger partial charge in [0.25, 0.3) is 0 Å². The van der Waals surface area contributed by atoms with Crippen molar-refractivity contribution >= 4 is 17.5 Å². The number of hydrogen-bond acceptors (Lipinski definition) is 6. The molecule has 0 atom stereocenters. The van der Waals surface area contributed by atoms with E-state index < -0.39 is 0 Å². The summed E-state index contributed by atoms with van der Waals surface area (Å²) >= 11 is 1.55. The Bertz CT molecular complexity index is 1060. The molecule has 3 rings (SSSR count). The lowest BCUT2D eigenvalue weighted by Gasteiger charge is -2.13. The molecule has 0 aliphatic carbocycles. The lowest BCUT2D eigenvalue weighted by atomic mass is 10.1. The van der Waals surface area contributed by atoms with Crippen LogP contribution in [-0.2, 0) is 6.61 Å². The number of carbonyl (C=O) groups excluding carboxylic acids is 1. The molecule has 0 aliphatic heterocycles. The Morgan fingerprint density at radius 3 is 2.71 bits per heavy atom. The Morgan fingerprint density at radius 1 is 1.21 bits per heavy atom. The van der Waals surface area contributed by atoms with E-state index in [1.807, 2.05) is 36.4 Å². The number of aromatic hydroxyl groups is 1. The van der Waals surface area contributed by atoms with Crippen molar-refractivity contribution in [1.29, 1.82) is 5.26 Å². The number of ether oxygens (including phenoxy) is 1. The van der Waals surface area contributed by atoms with Crippen LogP contribution in [0.2, 0.25) is 0 Å². The number of pyridine rings is 1. The Hall–Kier alpha value is -3.30. The Kier molecular flexibility index (Phi) is 5.97. The molecule has 0 amide bonds. The monoisotopic (exact) mass is 390 g/mol. The van der Waals surface area contributed by atoms with Crippen molar-refractivity contribution < 1.29 is 14.6 Å². The van der Waals surface area contributed by atoms with Crippen molar-refractivity contribution in [2.24, 2.45) is 0 Å². The van der Waals surface area contributed by atoms with Gasteiger partial charge in [-0.25, -0.2) is 4.98 Å². The van der Waals surface area contributed by atoms with E-state index in [2.05, 4.69) is 4.98 Å². The normalized spacial score (nSPS) is 10.3. The van der Waals surface area contributed by atoms with Crippen LogP contribution >= 0.6 is 11.8 Å². The van der Waals surface area contributed by atoms with Gasteiger partial charge in [-0.3, -0.25) is 4.79 Å². The minimum atomic E-state index is -0.186. The van der Waals surface area contributed by atoms with E-state index in [-0.39, 0.29) is 11.5 Å². The van der Waals surface area contributed by atoms with Gasteiger partial charge in [-0.15, -0.1) is 0 Å². The summed E-state index contributed by atoms with van der Waals surface area (Å²) in [6.07, 6.45) is 1.68. The maximum Gasteiger partial charge on any atom is 0.163 e. The lowest BCUT2D eigenvalue weighted by Crippen LogP contribution is -2.00. The second-order valence-corrected chi connectivity index (χ2v) is 7.32. The van der Waals surface area contributed by atoms with E-state index in [9.17, 15) is 9.90 Å². The van der Waals surface area contributed by atoms with E-state index in [1.165, 1.54) is 6.92 Å². The van der Waals surface area contributed by atoms with Gasteiger partial charge in [0.15, 0.2) is 5.78 Å². The van der Waals surface area contributed by atoms with Gasteiger partial charge in [-0.2, -0.15) is 5.26 Å². The molecule has 0 saturated heterocycles. The Labute approximate surface area is 167 Å². The number of nitriles is 1. The number of Topliss-reactive ketones (excluding diaryl/α,β-unsaturated/α-hetero) is 1. The second-order valence-electron chi connectivity index (χ2n) is 6.17. The lowest BCUT2D eigenvalue weighted by molar-refractivity contribution is 0.101. The number of phenolic OH excluding ortho intramolecular Hbond substituents is 1. The predicted octanol–water partition coefficient (Wildman–Crippen LogP) is 4.90. The van der Waals surface area contributed by atoms with Gasteiger partial charge in [0.2, 0.25) is 0 Å². The van der Waals surface area contributed by atoms with Crippen molar-refractivity contribution in [3.63, 3.8) is 0 Å². The minimum Gasteiger partial charge on any atom is -0.507 e. The molecule has 5 nitrogen and oxygen atoms in total. The van der Waals surface area contributed by atoms with Crippen LogP contribution < -0.4 is 4.74 Å². The number of hydrogen-bond donors (Lipinski definition) is 1. The molecular weight excluding hydrogens is 372 g/mol. The van der Waals surface area contributed by atoms with E-state index in [0.29, 0.717) is 29.2 Å². The van der Waals surface area contributed by atoms with Crippen LogP contribution in [0.3, 0.4) is 0 Å². The molecule has 1 N–H and O–H groups in total. The van der Waals surface area contributed by atoms with Gasteiger partial charge in [0, 0.05) is 21.6 Å². The summed E-state index contributed by atoms with van der Waals surface area (Å²) in [5.74, 6) is 0.314. The highest BCUT2D eigenvalue weighted by Gasteiger charge is 2.13. The molecule has 0 aliphatic rings. The molecule has 3 aromatic rings. The summed E-state index contributed by atoms with van der Waals surface area (Å²) in [5, 5.41) is 19.0. The van der Waals surface area contributed by atoms with Crippen molar-refractivity contribution in [3.05, 3.63) is 77.1 Å². The number of phenols is 1. The molecule has 2 aromatic carbocycles. The van der Waals surface area contributed by atoms with Crippen molar-refractivity contribution in [1.82, 2.24) is 4.98 Å². The fourth-order valence-corrected chi connectivity index (χ4v) is 3.50. The maximum atomic E-state index is 11.5. The van der Waals surface area contributed by atoms with Crippen LogP contribution in [0.25, 0.3) is 0 Å². The number of carbonyl (C=O) groups is 1. The molecule has 0 fully saturated rings. The Balaban J connectivity index is 1.70. The first-order valence-electron chi connectivity index (χ1n) is 8.57. The highest BCUT2D eigenvalue weighted by atomic mass is 32.2. The smallest absolute Gasteiger partial charge is 0.163 e. The average molecular weight is 390 g/mol. The first kappa shape index (κ1) is 19.5. The SMILES string of the molecule is CC(=O)c1ccc(OCc2cccc(Sc3ccc(C#N)nc3)c2)c(C)c1O. The molecule has 0 unspecified atom stereocenters. The first-order valence-corrected chi connectivity index (χ1v) is 9.39. The largest absolute Gasteiger partial charge is 0.507 e. The zero-order valence-electron chi connectivity index (χ0n) is 15.5. The van der Waals surface area contributed by atoms with E-state index in [1.54, 1.807) is 43.1 Å². The summed E-state index contributed by atoms with van der Waals surface area (Å²) in [7, 11) is 0. The third-order valence-corrected chi connectivity index (χ3v) is 5.11. The first-order chi connectivity index (χ1) is 13.5. The molecule has 0 saturated carbocycles. The minimum absolute atomic E-state index is 0.0392. The van der Waals surface area contributed by atoms with Crippen LogP contribution in [0.15, 0.2) is 64.5 Å². The van der Waals surface area contributed by atoms with Crippen LogP contribution in [0.4, 0.5) is 0 Å². The van der Waals surface area contributed by atoms with Gasteiger partial charge in [-0.05, 0) is 55.8 Å². The summed E-state index contributed by atoms with van der Waals surface area (Å²) in [4.78, 5) is 17.6. The second kappa shape index (κ2) is 8.59. The summed E-state index contributed by atoms with van der Waals surface area (Å²) in [6, 6.07) is 16.7. The Morgan fingerprint density at radius 2 is 2.04 bits per heavy atom. The summed E-state index contributed by atoms with van der Waals surface area (Å²) < 4.78 is 5.84. The predicted molar refractivity (Wildman–Crippen MR) is 107 cm³/mol. The third kappa shape index (κ3) is 4.51. The summed E-state index contributed by atoms with van der Waals surface area (Å²) in [6.45, 7) is 3.47. The molecule has 0 bridgehead atoms. The standard InChI is InChI=1S/C22H18N2O3S/c1-14-21(9-8-20(15(2)25)22(14)26)27-13-16-4-3-5-18(10-16)28-19-7-6-17(11-23)24-12-19/h3-10,12,26H,13H2,1-2H3. The fraction of sp³-hybridized carbons (Fsp3) is 0.136. The van der Waals surface area contributed by atoms with Gasteiger partial charge in [-0.1, -0.05) is 23.9 Å². The van der Waals surface area contributed by atoms with Gasteiger partial charge in [0.1, 0.15) is 29.9 Å². The topological polar surface area (TPSA) is 83.2 Å². The van der Waals surface area contributed by atoms with E-state index >= 15 is 0 Å². The van der Waals surface area contributed by atoms with Gasteiger partial charge < -0.3 is 9.84 Å². The number of aromatic nitrogens is 1. The number of ketones is 1. The molecule has 0 spiro atoms. The molecule has 1 aromatic heterocycles. The van der Waals surface area contributed by atoms with E-state index in [0.717, 1.165) is 15.4 Å². The molecule has 1 heterocycles. The molecule has 6 heteroatoms. The van der Waals surface area contributed by atoms with Gasteiger partial charge >= 0.3 is 0 Å². The zero-order valence-corrected chi connectivity index (χ0v) is 16.3.